The van der Waals surface area contributed by atoms with Crippen molar-refractivity contribution in [2.24, 2.45) is 0 Å². The number of carbonyl (C=O) groups excluding carboxylic acids is 1. The van der Waals surface area contributed by atoms with Crippen molar-refractivity contribution < 1.29 is 4.79 Å². The zero-order valence-electron chi connectivity index (χ0n) is 14.1. The zero-order valence-corrected chi connectivity index (χ0v) is 14.1. The van der Waals surface area contributed by atoms with E-state index < -0.39 is 0 Å². The largest absolute Gasteiger partial charge is 0.332 e. The molecule has 2 aliphatic heterocycles. The lowest BCUT2D eigenvalue weighted by atomic mass is 10.0. The maximum Gasteiger partial charge on any atom is 0.245 e. The fraction of sp³-hybridized carbons (Fsp3) is 0.500. The molecule has 2 aromatic rings. The molecule has 1 saturated heterocycles. The summed E-state index contributed by atoms with van der Waals surface area (Å²) in [6.45, 7) is 6.01. The number of carbonyl (C=O) groups is 1. The Balaban J connectivity index is 1.60. The van der Waals surface area contributed by atoms with Gasteiger partial charge < -0.3 is 9.47 Å². The quantitative estimate of drug-likeness (QED) is 0.863. The van der Waals surface area contributed by atoms with Gasteiger partial charge in [-0.15, -0.1) is 10.2 Å². The molecule has 6 heteroatoms. The Kier molecular flexibility index (Phi) is 4.06. The highest BCUT2D eigenvalue weighted by atomic mass is 16.2. The molecule has 1 aromatic carbocycles. The first-order chi connectivity index (χ1) is 11.7. The number of fused-ring (bicyclic) bond motifs is 1. The normalized spacial score (nSPS) is 19.3. The lowest BCUT2D eigenvalue weighted by Gasteiger charge is -2.34. The molecule has 24 heavy (non-hydrogen) atoms. The first-order valence-corrected chi connectivity index (χ1v) is 8.70. The van der Waals surface area contributed by atoms with Gasteiger partial charge in [0.2, 0.25) is 5.91 Å². The smallest absolute Gasteiger partial charge is 0.245 e. The van der Waals surface area contributed by atoms with Gasteiger partial charge in [-0.1, -0.05) is 30.3 Å². The minimum atomic E-state index is -0.177. The first-order valence-electron chi connectivity index (χ1n) is 8.70. The van der Waals surface area contributed by atoms with Gasteiger partial charge in [0.25, 0.3) is 0 Å². The lowest BCUT2D eigenvalue weighted by Crippen LogP contribution is -2.45. The van der Waals surface area contributed by atoms with E-state index in [1.165, 1.54) is 12.8 Å². The molecule has 2 aliphatic rings. The van der Waals surface area contributed by atoms with Crippen LogP contribution in [0.25, 0.3) is 0 Å². The summed E-state index contributed by atoms with van der Waals surface area (Å²) in [5.74, 6) is 2.01. The van der Waals surface area contributed by atoms with Gasteiger partial charge in [0.15, 0.2) is 5.82 Å². The summed E-state index contributed by atoms with van der Waals surface area (Å²) in [5.41, 5.74) is 1.09. The highest BCUT2D eigenvalue weighted by Crippen LogP contribution is 2.28. The van der Waals surface area contributed by atoms with Gasteiger partial charge in [-0.2, -0.15) is 0 Å². The molecular weight excluding hydrogens is 302 g/mol. The van der Waals surface area contributed by atoms with Crippen molar-refractivity contribution >= 4 is 5.91 Å². The van der Waals surface area contributed by atoms with E-state index in [1.54, 1.807) is 0 Å². The van der Waals surface area contributed by atoms with Crippen molar-refractivity contribution in [3.05, 3.63) is 47.5 Å². The third kappa shape index (κ3) is 2.71. The molecule has 3 heterocycles. The van der Waals surface area contributed by atoms with Crippen molar-refractivity contribution in [1.82, 2.24) is 24.6 Å². The number of aromatic nitrogens is 3. The molecule has 0 aliphatic carbocycles. The molecule has 1 amide bonds. The SMILES string of the molecule is Cc1nnc2n1CCN(C(=O)C(c1ccccc1)N1CCCC1)C2. The highest BCUT2D eigenvalue weighted by Gasteiger charge is 2.34. The van der Waals surface area contributed by atoms with E-state index in [0.29, 0.717) is 6.54 Å². The van der Waals surface area contributed by atoms with E-state index in [-0.39, 0.29) is 11.9 Å². The summed E-state index contributed by atoms with van der Waals surface area (Å²) in [6.07, 6.45) is 2.34. The van der Waals surface area contributed by atoms with E-state index >= 15 is 0 Å². The molecule has 126 valence electrons. The molecule has 6 nitrogen and oxygen atoms in total. The van der Waals surface area contributed by atoms with Crippen LogP contribution in [0.2, 0.25) is 0 Å². The number of aryl methyl sites for hydroxylation is 1. The molecule has 1 aromatic heterocycles. The molecule has 1 unspecified atom stereocenters. The molecular formula is C18H23N5O. The van der Waals surface area contributed by atoms with E-state index in [2.05, 4.69) is 31.8 Å². The van der Waals surface area contributed by atoms with E-state index in [9.17, 15) is 4.79 Å². The topological polar surface area (TPSA) is 54.3 Å². The van der Waals surface area contributed by atoms with Crippen LogP contribution in [-0.4, -0.2) is 50.1 Å². The Labute approximate surface area is 142 Å². The predicted molar refractivity (Wildman–Crippen MR) is 90.2 cm³/mol. The Morgan fingerprint density at radius 2 is 1.79 bits per heavy atom. The summed E-state index contributed by atoms with van der Waals surface area (Å²) >= 11 is 0. The minimum Gasteiger partial charge on any atom is -0.332 e. The minimum absolute atomic E-state index is 0.177. The number of nitrogens with zero attached hydrogens (tertiary/aromatic N) is 5. The molecule has 0 bridgehead atoms. The summed E-state index contributed by atoms with van der Waals surface area (Å²) in [6, 6.07) is 9.99. The first kappa shape index (κ1) is 15.3. The highest BCUT2D eigenvalue weighted by molar-refractivity contribution is 5.83. The maximum absolute atomic E-state index is 13.3. The maximum atomic E-state index is 13.3. The summed E-state index contributed by atoms with van der Waals surface area (Å²) in [5, 5.41) is 8.36. The Morgan fingerprint density at radius 1 is 1.04 bits per heavy atom. The summed E-state index contributed by atoms with van der Waals surface area (Å²) in [4.78, 5) is 17.6. The van der Waals surface area contributed by atoms with Crippen molar-refractivity contribution in [2.75, 3.05) is 19.6 Å². The summed E-state index contributed by atoms with van der Waals surface area (Å²) < 4.78 is 2.11. The second-order valence-electron chi connectivity index (χ2n) is 6.63. The molecule has 1 atom stereocenters. The third-order valence-electron chi connectivity index (χ3n) is 5.10. The Bertz CT molecular complexity index is 720. The van der Waals surface area contributed by atoms with Crippen LogP contribution < -0.4 is 0 Å². The van der Waals surface area contributed by atoms with Crippen LogP contribution in [0.4, 0.5) is 0 Å². The van der Waals surface area contributed by atoms with Gasteiger partial charge in [-0.25, -0.2) is 0 Å². The van der Waals surface area contributed by atoms with Crippen LogP contribution in [0.1, 0.15) is 36.1 Å². The fourth-order valence-corrected chi connectivity index (χ4v) is 3.81. The van der Waals surface area contributed by atoms with Gasteiger partial charge in [0.1, 0.15) is 11.9 Å². The van der Waals surface area contributed by atoms with Crippen molar-refractivity contribution in [2.45, 2.75) is 38.9 Å². The molecule has 0 spiro atoms. The molecule has 0 saturated carbocycles. The van der Waals surface area contributed by atoms with Gasteiger partial charge in [0.05, 0.1) is 6.54 Å². The van der Waals surface area contributed by atoms with Crippen LogP contribution in [0, 0.1) is 6.92 Å². The van der Waals surface area contributed by atoms with E-state index in [0.717, 1.165) is 43.4 Å². The lowest BCUT2D eigenvalue weighted by molar-refractivity contribution is -0.138. The van der Waals surface area contributed by atoms with Crippen LogP contribution in [-0.2, 0) is 17.9 Å². The van der Waals surface area contributed by atoms with Crippen molar-refractivity contribution in [3.63, 3.8) is 0 Å². The number of likely N-dealkylation sites (tertiary alicyclic amines) is 1. The van der Waals surface area contributed by atoms with E-state index in [1.807, 2.05) is 30.0 Å². The fourth-order valence-electron chi connectivity index (χ4n) is 3.81. The zero-order chi connectivity index (χ0) is 16.5. The van der Waals surface area contributed by atoms with Gasteiger partial charge in [0, 0.05) is 13.1 Å². The van der Waals surface area contributed by atoms with Gasteiger partial charge in [-0.05, 0) is 38.4 Å². The van der Waals surface area contributed by atoms with Gasteiger partial charge in [-0.3, -0.25) is 9.69 Å². The second-order valence-corrected chi connectivity index (χ2v) is 6.63. The van der Waals surface area contributed by atoms with Crippen LogP contribution in [0.15, 0.2) is 30.3 Å². The average molecular weight is 325 g/mol. The van der Waals surface area contributed by atoms with Crippen LogP contribution >= 0.6 is 0 Å². The average Bonchev–Trinajstić information content (AvgIpc) is 3.26. The monoisotopic (exact) mass is 325 g/mol. The summed E-state index contributed by atoms with van der Waals surface area (Å²) in [7, 11) is 0. The van der Waals surface area contributed by atoms with Crippen molar-refractivity contribution in [1.29, 1.82) is 0 Å². The second kappa shape index (κ2) is 6.36. The molecule has 1 fully saturated rings. The third-order valence-corrected chi connectivity index (χ3v) is 5.10. The van der Waals surface area contributed by atoms with Gasteiger partial charge >= 0.3 is 0 Å². The predicted octanol–water partition coefficient (Wildman–Crippen LogP) is 1.77. The number of rotatable bonds is 3. The number of hydrogen-bond acceptors (Lipinski definition) is 4. The van der Waals surface area contributed by atoms with Crippen LogP contribution in [0.5, 0.6) is 0 Å². The number of amides is 1. The standard InChI is InChI=1S/C18H23N5O/c1-14-19-20-16-13-22(11-12-23(14)16)18(24)17(21-9-5-6-10-21)15-7-3-2-4-8-15/h2-4,7-8,17H,5-6,9-13H2,1H3. The van der Waals surface area contributed by atoms with E-state index in [4.69, 9.17) is 0 Å². The van der Waals surface area contributed by atoms with Crippen LogP contribution in [0.3, 0.4) is 0 Å². The molecule has 0 N–H and O–H groups in total. The van der Waals surface area contributed by atoms with Crippen molar-refractivity contribution in [3.8, 4) is 0 Å². The Morgan fingerprint density at radius 3 is 2.54 bits per heavy atom. The number of benzene rings is 1. The molecule has 4 rings (SSSR count). The molecule has 0 radical (unpaired) electrons. The number of hydrogen-bond donors (Lipinski definition) is 0. The Hall–Kier alpha value is -2.21.